The third kappa shape index (κ3) is 1.95. The monoisotopic (exact) mass is 269 g/mol. The minimum Gasteiger partial charge on any atom is -0.394 e. The van der Waals surface area contributed by atoms with Gasteiger partial charge in [-0.05, 0) is 6.07 Å². The average Bonchev–Trinajstić information content (AvgIpc) is 2.54. The van der Waals surface area contributed by atoms with E-state index >= 15 is 0 Å². The maximum Gasteiger partial charge on any atom is 0.200 e. The Morgan fingerprint density at radius 3 is 2.44 bits per heavy atom. The number of hydrogen-bond donors (Lipinski definition) is 1. The number of fused-ring (bicyclic) bond motifs is 1. The summed E-state index contributed by atoms with van der Waals surface area (Å²) in [7, 11) is 2.54. The smallest absolute Gasteiger partial charge is 0.200 e. The Bertz CT molecular complexity index is 710. The molecule has 0 unspecified atom stereocenters. The third-order valence-electron chi connectivity index (χ3n) is 2.71. The molecule has 0 radical (unpaired) electrons. The van der Waals surface area contributed by atoms with E-state index in [1.54, 1.807) is 6.20 Å². The summed E-state index contributed by atoms with van der Waals surface area (Å²) in [6, 6.07) is 3.74. The first-order valence-corrected chi connectivity index (χ1v) is 7.30. The van der Waals surface area contributed by atoms with Crippen molar-refractivity contribution >= 4 is 26.7 Å². The summed E-state index contributed by atoms with van der Waals surface area (Å²) in [6.07, 6.45) is 2.80. The summed E-state index contributed by atoms with van der Waals surface area (Å²) in [4.78, 5) is 0. The van der Waals surface area contributed by atoms with Gasteiger partial charge in [-0.15, -0.1) is 0 Å². The number of pyridine rings is 1. The number of sulfone groups is 1. The Morgan fingerprint density at radius 1 is 1.33 bits per heavy atom. The average molecular weight is 269 g/mol. The first kappa shape index (κ1) is 12.8. The summed E-state index contributed by atoms with van der Waals surface area (Å²) < 4.78 is 25.3. The molecule has 7 heteroatoms. The molecule has 0 aliphatic carbocycles. The predicted octanol–water partition coefficient (Wildman–Crippen LogP) is 0.517. The molecule has 18 heavy (non-hydrogen) atoms. The van der Waals surface area contributed by atoms with E-state index in [1.165, 1.54) is 4.52 Å². The van der Waals surface area contributed by atoms with Gasteiger partial charge in [-0.3, -0.25) is 4.48 Å². The highest BCUT2D eigenvalue weighted by Crippen LogP contribution is 2.31. The van der Waals surface area contributed by atoms with Crippen molar-refractivity contribution in [2.75, 3.05) is 33.1 Å². The molecule has 0 bridgehead atoms. The van der Waals surface area contributed by atoms with Crippen LogP contribution in [0.25, 0.3) is 5.52 Å². The number of nitrogen functional groups attached to an aromatic ring is 1. The molecule has 2 rings (SSSR count). The fourth-order valence-corrected chi connectivity index (χ4v) is 2.63. The molecule has 6 nitrogen and oxygen atoms in total. The van der Waals surface area contributed by atoms with E-state index in [-0.39, 0.29) is 10.7 Å². The van der Waals surface area contributed by atoms with Crippen molar-refractivity contribution in [3.8, 4) is 0 Å². The Hall–Kier alpha value is -1.60. The number of hydrogen-bond acceptors (Lipinski definition) is 4. The van der Waals surface area contributed by atoms with Gasteiger partial charge < -0.3 is 5.73 Å². The zero-order valence-corrected chi connectivity index (χ0v) is 11.7. The molecular weight excluding hydrogens is 252 g/mol. The Kier molecular flexibility index (Phi) is 2.64. The Morgan fingerprint density at radius 2 is 1.94 bits per heavy atom. The van der Waals surface area contributed by atoms with Crippen LogP contribution in [0.2, 0.25) is 0 Å². The molecule has 0 atom stereocenters. The highest BCUT2D eigenvalue weighted by Gasteiger charge is 2.25. The lowest BCUT2D eigenvalue weighted by molar-refractivity contribution is 0.488. The minimum atomic E-state index is -3.42. The Balaban J connectivity index is 2.91. The lowest BCUT2D eigenvalue weighted by atomic mass is 10.2. The van der Waals surface area contributed by atoms with Crippen LogP contribution in [-0.2, 0) is 9.84 Å². The summed E-state index contributed by atoms with van der Waals surface area (Å²) in [6.45, 7) is 0. The van der Waals surface area contributed by atoms with Crippen molar-refractivity contribution in [1.29, 1.82) is 0 Å². The van der Waals surface area contributed by atoms with Crippen LogP contribution in [0.1, 0.15) is 0 Å². The lowest BCUT2D eigenvalue weighted by Gasteiger charge is -2.24. The Labute approximate surface area is 106 Å². The van der Waals surface area contributed by atoms with Crippen molar-refractivity contribution in [3.63, 3.8) is 0 Å². The molecular formula is C11H17N4O2S+. The second-order valence-corrected chi connectivity index (χ2v) is 7.12. The summed E-state index contributed by atoms with van der Waals surface area (Å²) in [5.41, 5.74) is 7.72. The van der Waals surface area contributed by atoms with Crippen molar-refractivity contribution in [3.05, 3.63) is 18.3 Å². The van der Waals surface area contributed by atoms with E-state index < -0.39 is 9.84 Å². The van der Waals surface area contributed by atoms with Gasteiger partial charge in [0.2, 0.25) is 5.03 Å². The number of nitrogens with zero attached hydrogens (tertiary/aromatic N) is 3. The summed E-state index contributed by atoms with van der Waals surface area (Å²) in [5.74, 6) is 0. The second-order valence-electron chi connectivity index (χ2n) is 5.19. The first-order valence-electron chi connectivity index (χ1n) is 5.41. The van der Waals surface area contributed by atoms with Crippen LogP contribution in [0.3, 0.4) is 0 Å². The van der Waals surface area contributed by atoms with Crippen LogP contribution in [0, 0.1) is 0 Å². The van der Waals surface area contributed by atoms with Gasteiger partial charge in [0.1, 0.15) is 5.69 Å². The van der Waals surface area contributed by atoms with E-state index in [1.807, 2.05) is 33.3 Å². The van der Waals surface area contributed by atoms with Gasteiger partial charge in [0.25, 0.3) is 0 Å². The van der Waals surface area contributed by atoms with E-state index in [0.29, 0.717) is 10.00 Å². The van der Waals surface area contributed by atoms with Crippen LogP contribution < -0.4 is 10.2 Å². The van der Waals surface area contributed by atoms with E-state index in [2.05, 4.69) is 5.10 Å². The maximum atomic E-state index is 11.6. The van der Waals surface area contributed by atoms with Crippen molar-refractivity contribution in [2.24, 2.45) is 0 Å². The van der Waals surface area contributed by atoms with Crippen LogP contribution in [0.4, 0.5) is 11.4 Å². The predicted molar refractivity (Wildman–Crippen MR) is 72.3 cm³/mol. The van der Waals surface area contributed by atoms with Crippen molar-refractivity contribution in [1.82, 2.24) is 14.1 Å². The van der Waals surface area contributed by atoms with Crippen LogP contribution in [0.5, 0.6) is 0 Å². The largest absolute Gasteiger partial charge is 0.394 e. The number of rotatable bonds is 2. The van der Waals surface area contributed by atoms with Gasteiger partial charge in [-0.25, -0.2) is 12.9 Å². The fraction of sp³-hybridized carbons (Fsp3) is 0.364. The van der Waals surface area contributed by atoms with Gasteiger partial charge in [-0.2, -0.15) is 5.10 Å². The SMILES string of the molecule is C[N+](C)(C)c1cccn2nc(S(C)(=O)=O)c(N)c12. The molecule has 0 saturated carbocycles. The second kappa shape index (κ2) is 3.69. The zero-order chi connectivity index (χ0) is 13.7. The number of anilines is 1. The number of quaternary nitrogens is 1. The minimum absolute atomic E-state index is 0.0663. The number of nitrogens with two attached hydrogens (primary N) is 1. The molecule has 0 aliphatic heterocycles. The molecule has 0 spiro atoms. The van der Waals surface area contributed by atoms with Gasteiger partial charge in [0, 0.05) is 18.5 Å². The molecule has 0 fully saturated rings. The summed E-state index contributed by atoms with van der Waals surface area (Å²) >= 11 is 0. The molecule has 2 heterocycles. The molecule has 2 aromatic heterocycles. The molecule has 0 amide bonds. The molecule has 0 saturated heterocycles. The molecule has 0 aromatic carbocycles. The fourth-order valence-electron chi connectivity index (χ4n) is 1.90. The maximum absolute atomic E-state index is 11.6. The van der Waals surface area contributed by atoms with E-state index in [4.69, 9.17) is 5.73 Å². The number of aromatic nitrogens is 2. The van der Waals surface area contributed by atoms with Gasteiger partial charge in [0.05, 0.1) is 21.1 Å². The van der Waals surface area contributed by atoms with Crippen LogP contribution >= 0.6 is 0 Å². The van der Waals surface area contributed by atoms with Crippen molar-refractivity contribution < 1.29 is 8.42 Å². The van der Waals surface area contributed by atoms with Gasteiger partial charge >= 0.3 is 0 Å². The van der Waals surface area contributed by atoms with Gasteiger partial charge in [0.15, 0.2) is 21.0 Å². The highest BCUT2D eigenvalue weighted by atomic mass is 32.2. The summed E-state index contributed by atoms with van der Waals surface area (Å²) in [5, 5.41) is 3.99. The quantitative estimate of drug-likeness (QED) is 0.806. The molecule has 98 valence electrons. The van der Waals surface area contributed by atoms with Gasteiger partial charge in [-0.1, -0.05) is 0 Å². The van der Waals surface area contributed by atoms with Crippen LogP contribution in [0.15, 0.2) is 23.4 Å². The van der Waals surface area contributed by atoms with E-state index in [0.717, 1.165) is 11.9 Å². The third-order valence-corrected chi connectivity index (χ3v) is 3.72. The lowest BCUT2D eigenvalue weighted by Crippen LogP contribution is -2.35. The zero-order valence-electron chi connectivity index (χ0n) is 10.9. The topological polar surface area (TPSA) is 77.5 Å². The van der Waals surface area contributed by atoms with Crippen LogP contribution in [-0.4, -0.2) is 45.4 Å². The molecule has 2 aromatic rings. The molecule has 2 N–H and O–H groups in total. The van der Waals surface area contributed by atoms with E-state index in [9.17, 15) is 8.42 Å². The van der Waals surface area contributed by atoms with Crippen molar-refractivity contribution in [2.45, 2.75) is 5.03 Å². The normalized spacial score (nSPS) is 13.1. The standard InChI is InChI=1S/C11H17N4O2S/c1-15(2,3)8-6-5-7-14-10(8)9(12)11(13-14)18(4,16)17/h5-7H,12H2,1-4H3/q+1. The first-order chi connectivity index (χ1) is 8.12. The molecule has 0 aliphatic rings. The highest BCUT2D eigenvalue weighted by molar-refractivity contribution is 7.90.